The molecule has 2 rings (SSSR count). The summed E-state index contributed by atoms with van der Waals surface area (Å²) < 4.78 is 13.0. The maximum atomic E-state index is 13.0. The van der Waals surface area contributed by atoms with E-state index in [-0.39, 0.29) is 12.1 Å². The zero-order valence-electron chi connectivity index (χ0n) is 7.09. The Balaban J connectivity index is 2.21. The average molecular weight is 171 g/mol. The van der Waals surface area contributed by atoms with Crippen LogP contribution in [0.5, 0.6) is 0 Å². The van der Waals surface area contributed by atoms with Gasteiger partial charge in [-0.1, -0.05) is 12.2 Å². The number of halogens is 1. The molecule has 2 aliphatic heterocycles. The molecule has 2 aliphatic rings. The lowest BCUT2D eigenvalue weighted by Gasteiger charge is -2.28. The summed E-state index contributed by atoms with van der Waals surface area (Å²) in [6, 6.07) is 0. The molecule has 0 amide bonds. The van der Waals surface area contributed by atoms with Crippen molar-refractivity contribution in [2.45, 2.75) is 24.6 Å². The van der Waals surface area contributed by atoms with Crippen molar-refractivity contribution in [1.29, 1.82) is 0 Å². The van der Waals surface area contributed by atoms with E-state index in [1.165, 1.54) is 0 Å². The lowest BCUT2D eigenvalue weighted by atomic mass is 9.93. The molecule has 0 bridgehead atoms. The minimum atomic E-state index is -0.759. The number of fused-ring (bicyclic) bond motifs is 1. The molecule has 0 aromatic carbocycles. The first-order valence-electron chi connectivity index (χ1n) is 4.33. The summed E-state index contributed by atoms with van der Waals surface area (Å²) in [5, 5.41) is 9.21. The zero-order valence-corrected chi connectivity index (χ0v) is 7.09. The van der Waals surface area contributed by atoms with Gasteiger partial charge in [-0.3, -0.25) is 4.90 Å². The third-order valence-electron chi connectivity index (χ3n) is 2.98. The van der Waals surface area contributed by atoms with E-state index in [0.717, 1.165) is 18.5 Å². The van der Waals surface area contributed by atoms with Crippen LogP contribution in [0.4, 0.5) is 4.39 Å². The second-order valence-corrected chi connectivity index (χ2v) is 3.99. The van der Waals surface area contributed by atoms with E-state index in [0.29, 0.717) is 13.0 Å². The molecule has 0 aromatic heterocycles. The van der Waals surface area contributed by atoms with Crippen molar-refractivity contribution in [3.63, 3.8) is 0 Å². The van der Waals surface area contributed by atoms with E-state index in [9.17, 15) is 9.50 Å². The van der Waals surface area contributed by atoms with Gasteiger partial charge in [0.25, 0.3) is 0 Å². The van der Waals surface area contributed by atoms with E-state index >= 15 is 0 Å². The van der Waals surface area contributed by atoms with E-state index in [4.69, 9.17) is 0 Å². The number of aliphatic hydroxyl groups is 1. The van der Waals surface area contributed by atoms with Gasteiger partial charge < -0.3 is 5.11 Å². The molecule has 12 heavy (non-hydrogen) atoms. The molecule has 2 atom stereocenters. The molecule has 0 spiro atoms. The minimum absolute atomic E-state index is 0.0619. The highest BCUT2D eigenvalue weighted by molar-refractivity contribution is 5.18. The summed E-state index contributed by atoms with van der Waals surface area (Å²) in [5.41, 5.74) is 0.826. The molecular formula is C9H14FNO. The van der Waals surface area contributed by atoms with Gasteiger partial charge in [0, 0.05) is 19.5 Å². The van der Waals surface area contributed by atoms with Gasteiger partial charge in [0.2, 0.25) is 0 Å². The van der Waals surface area contributed by atoms with Crippen LogP contribution in [-0.4, -0.2) is 41.4 Å². The van der Waals surface area contributed by atoms with Gasteiger partial charge in [-0.15, -0.1) is 0 Å². The molecule has 2 heterocycles. The number of nitrogens with zero attached hydrogens (tertiary/aromatic N) is 1. The smallest absolute Gasteiger partial charge is 0.115 e. The Bertz CT molecular complexity index is 219. The highest BCUT2D eigenvalue weighted by Gasteiger charge is 2.49. The standard InChI is InChI=1S/C9H14FNO/c1-7-2-9(6-12)3-8(10)5-11(9)4-7/h8,12H,1-6H2/t8-,9+/m1/s1. The van der Waals surface area contributed by atoms with Crippen LogP contribution in [0.3, 0.4) is 0 Å². The number of alkyl halides is 1. The lowest BCUT2D eigenvalue weighted by Crippen LogP contribution is -2.41. The Morgan fingerprint density at radius 1 is 1.75 bits per heavy atom. The van der Waals surface area contributed by atoms with E-state index in [2.05, 4.69) is 6.58 Å². The summed E-state index contributed by atoms with van der Waals surface area (Å²) >= 11 is 0. The van der Waals surface area contributed by atoms with Gasteiger partial charge >= 0.3 is 0 Å². The van der Waals surface area contributed by atoms with Gasteiger partial charge in [-0.05, 0) is 6.42 Å². The fourth-order valence-electron chi connectivity index (χ4n) is 2.47. The van der Waals surface area contributed by atoms with Gasteiger partial charge in [-0.2, -0.15) is 0 Å². The van der Waals surface area contributed by atoms with Crippen molar-refractivity contribution in [2.24, 2.45) is 0 Å². The van der Waals surface area contributed by atoms with Crippen LogP contribution in [0, 0.1) is 0 Å². The van der Waals surface area contributed by atoms with Gasteiger partial charge in [0.05, 0.1) is 12.1 Å². The Labute approximate surface area is 71.7 Å². The molecule has 0 radical (unpaired) electrons. The normalized spacial score (nSPS) is 42.2. The molecule has 0 saturated carbocycles. The van der Waals surface area contributed by atoms with E-state index in [1.807, 2.05) is 4.90 Å². The van der Waals surface area contributed by atoms with Crippen LogP contribution in [0.1, 0.15) is 12.8 Å². The third-order valence-corrected chi connectivity index (χ3v) is 2.98. The molecular weight excluding hydrogens is 157 g/mol. The predicted octanol–water partition coefficient (Wildman–Crippen LogP) is 0.721. The van der Waals surface area contributed by atoms with Crippen LogP contribution in [0.15, 0.2) is 12.2 Å². The SMILES string of the molecule is C=C1CN2C[C@H](F)C[C@]2(CO)C1. The Kier molecular flexibility index (Phi) is 1.73. The second-order valence-electron chi connectivity index (χ2n) is 3.99. The highest BCUT2D eigenvalue weighted by Crippen LogP contribution is 2.41. The topological polar surface area (TPSA) is 23.5 Å². The molecule has 3 heteroatoms. The maximum absolute atomic E-state index is 13.0. The summed E-state index contributed by atoms with van der Waals surface area (Å²) in [5.74, 6) is 0. The quantitative estimate of drug-likeness (QED) is 0.588. The fraction of sp³-hybridized carbons (Fsp3) is 0.778. The number of rotatable bonds is 1. The molecule has 68 valence electrons. The number of aliphatic hydroxyl groups excluding tert-OH is 1. The summed E-state index contributed by atoms with van der Waals surface area (Å²) in [6.45, 7) is 5.18. The van der Waals surface area contributed by atoms with Crippen LogP contribution in [0.25, 0.3) is 0 Å². The monoisotopic (exact) mass is 171 g/mol. The van der Waals surface area contributed by atoms with Crippen molar-refractivity contribution in [1.82, 2.24) is 4.90 Å². The van der Waals surface area contributed by atoms with E-state index in [1.54, 1.807) is 0 Å². The molecule has 0 aliphatic carbocycles. The molecule has 2 nitrogen and oxygen atoms in total. The first-order chi connectivity index (χ1) is 5.66. The number of hydrogen-bond donors (Lipinski definition) is 1. The van der Waals surface area contributed by atoms with Gasteiger partial charge in [0.15, 0.2) is 0 Å². The van der Waals surface area contributed by atoms with E-state index < -0.39 is 6.17 Å². The second kappa shape index (κ2) is 2.54. The minimum Gasteiger partial charge on any atom is -0.394 e. The van der Waals surface area contributed by atoms with Crippen LogP contribution >= 0.6 is 0 Å². The largest absolute Gasteiger partial charge is 0.394 e. The molecule has 1 N–H and O–H groups in total. The summed E-state index contributed by atoms with van der Waals surface area (Å²) in [7, 11) is 0. The first-order valence-corrected chi connectivity index (χ1v) is 4.33. The van der Waals surface area contributed by atoms with Gasteiger partial charge in [0.1, 0.15) is 6.17 Å². The van der Waals surface area contributed by atoms with Crippen molar-refractivity contribution >= 4 is 0 Å². The Hall–Kier alpha value is -0.410. The van der Waals surface area contributed by atoms with Crippen molar-refractivity contribution < 1.29 is 9.50 Å². The third kappa shape index (κ3) is 1.00. The Morgan fingerprint density at radius 3 is 3.08 bits per heavy atom. The van der Waals surface area contributed by atoms with Gasteiger partial charge in [-0.25, -0.2) is 4.39 Å². The average Bonchev–Trinajstić information content (AvgIpc) is 2.40. The first kappa shape index (κ1) is 8.20. The summed E-state index contributed by atoms with van der Waals surface area (Å²) in [4.78, 5) is 2.03. The summed E-state index contributed by atoms with van der Waals surface area (Å²) in [6.07, 6.45) is 0.483. The van der Waals surface area contributed by atoms with Crippen molar-refractivity contribution in [3.8, 4) is 0 Å². The molecule has 2 saturated heterocycles. The molecule has 2 fully saturated rings. The van der Waals surface area contributed by atoms with Crippen LogP contribution in [-0.2, 0) is 0 Å². The van der Waals surface area contributed by atoms with Crippen LogP contribution in [0.2, 0.25) is 0 Å². The van der Waals surface area contributed by atoms with Crippen LogP contribution < -0.4 is 0 Å². The van der Waals surface area contributed by atoms with Crippen molar-refractivity contribution in [3.05, 3.63) is 12.2 Å². The zero-order chi connectivity index (χ0) is 8.77. The Morgan fingerprint density at radius 2 is 2.50 bits per heavy atom. The fourth-order valence-corrected chi connectivity index (χ4v) is 2.47. The predicted molar refractivity (Wildman–Crippen MR) is 44.7 cm³/mol. The van der Waals surface area contributed by atoms with Crippen molar-refractivity contribution in [2.75, 3.05) is 19.7 Å². The molecule has 0 unspecified atom stereocenters. The lowest BCUT2D eigenvalue weighted by molar-refractivity contribution is 0.0997. The number of hydrogen-bond acceptors (Lipinski definition) is 2. The highest BCUT2D eigenvalue weighted by atomic mass is 19.1. The maximum Gasteiger partial charge on any atom is 0.115 e. The molecule has 0 aromatic rings.